The topological polar surface area (TPSA) is 93.7 Å². The molecule has 7 heteroatoms. The molecule has 0 aromatic heterocycles. The maximum Gasteiger partial charge on any atom is 0.408 e. The molecule has 2 amide bonds. The predicted octanol–water partition coefficient (Wildman–Crippen LogP) is 2.40. The standard InChI is InChI=1S/C19H28N2O5/c1-13(2)16(21-18(24)26-19(3,4)5)17(23)20-11-15(22)25-12-14-9-7-6-8-10-14/h6-10,13,16H,11-12H2,1-5H3,(H,20,23)(H,21,24)/t16-/m0/s1. The molecular weight excluding hydrogens is 336 g/mol. The summed E-state index contributed by atoms with van der Waals surface area (Å²) in [5.74, 6) is -1.20. The lowest BCUT2D eigenvalue weighted by Crippen LogP contribution is -2.51. The molecule has 1 aromatic carbocycles. The van der Waals surface area contributed by atoms with E-state index in [4.69, 9.17) is 9.47 Å². The fourth-order valence-electron chi connectivity index (χ4n) is 2.03. The predicted molar refractivity (Wildman–Crippen MR) is 97.2 cm³/mol. The number of esters is 1. The molecule has 1 aromatic rings. The van der Waals surface area contributed by atoms with Gasteiger partial charge in [-0.2, -0.15) is 0 Å². The Kier molecular flexibility index (Phi) is 8.09. The molecule has 1 rings (SSSR count). The number of amides is 2. The van der Waals surface area contributed by atoms with Crippen molar-refractivity contribution < 1.29 is 23.9 Å². The molecule has 144 valence electrons. The second-order valence-corrected chi connectivity index (χ2v) is 7.23. The van der Waals surface area contributed by atoms with Crippen LogP contribution in [0.15, 0.2) is 30.3 Å². The highest BCUT2D eigenvalue weighted by molar-refractivity contribution is 5.88. The average Bonchev–Trinajstić information content (AvgIpc) is 2.54. The van der Waals surface area contributed by atoms with Crippen molar-refractivity contribution in [3.63, 3.8) is 0 Å². The number of carbonyl (C=O) groups is 3. The van der Waals surface area contributed by atoms with Gasteiger partial charge in [-0.15, -0.1) is 0 Å². The van der Waals surface area contributed by atoms with Crippen LogP contribution < -0.4 is 10.6 Å². The van der Waals surface area contributed by atoms with Crippen LogP contribution in [0.5, 0.6) is 0 Å². The van der Waals surface area contributed by atoms with E-state index in [9.17, 15) is 14.4 Å². The zero-order valence-electron chi connectivity index (χ0n) is 16.0. The molecule has 0 heterocycles. The Labute approximate surface area is 154 Å². The summed E-state index contributed by atoms with van der Waals surface area (Å²) in [5, 5.41) is 5.01. The highest BCUT2D eigenvalue weighted by atomic mass is 16.6. The number of nitrogens with one attached hydrogen (secondary N) is 2. The number of hydrogen-bond acceptors (Lipinski definition) is 5. The number of hydrogen-bond donors (Lipinski definition) is 2. The van der Waals surface area contributed by atoms with Gasteiger partial charge >= 0.3 is 12.1 Å². The summed E-state index contributed by atoms with van der Waals surface area (Å²) in [5.41, 5.74) is 0.197. The van der Waals surface area contributed by atoms with E-state index in [0.29, 0.717) is 0 Å². The third-order valence-corrected chi connectivity index (χ3v) is 3.27. The minimum absolute atomic E-state index is 0.138. The summed E-state index contributed by atoms with van der Waals surface area (Å²) >= 11 is 0. The molecule has 0 saturated heterocycles. The van der Waals surface area contributed by atoms with E-state index in [2.05, 4.69) is 10.6 Å². The van der Waals surface area contributed by atoms with Crippen molar-refractivity contribution in [2.45, 2.75) is 52.9 Å². The fraction of sp³-hybridized carbons (Fsp3) is 0.526. The number of rotatable bonds is 7. The van der Waals surface area contributed by atoms with Crippen LogP contribution in [0.1, 0.15) is 40.2 Å². The summed E-state index contributed by atoms with van der Waals surface area (Å²) in [7, 11) is 0. The smallest absolute Gasteiger partial charge is 0.408 e. The van der Waals surface area contributed by atoms with Crippen molar-refractivity contribution in [1.29, 1.82) is 0 Å². The zero-order valence-corrected chi connectivity index (χ0v) is 16.0. The van der Waals surface area contributed by atoms with E-state index in [1.807, 2.05) is 30.3 Å². The number of carbonyl (C=O) groups excluding carboxylic acids is 3. The lowest BCUT2D eigenvalue weighted by atomic mass is 10.0. The van der Waals surface area contributed by atoms with Gasteiger partial charge in [0.15, 0.2) is 0 Å². The fourth-order valence-corrected chi connectivity index (χ4v) is 2.03. The number of ether oxygens (including phenoxy) is 2. The van der Waals surface area contributed by atoms with Crippen LogP contribution in [0.25, 0.3) is 0 Å². The van der Waals surface area contributed by atoms with Crippen LogP contribution in [-0.2, 0) is 25.7 Å². The Morgan fingerprint density at radius 2 is 1.69 bits per heavy atom. The number of benzene rings is 1. The monoisotopic (exact) mass is 364 g/mol. The first-order valence-corrected chi connectivity index (χ1v) is 8.55. The van der Waals surface area contributed by atoms with Crippen LogP contribution in [0, 0.1) is 5.92 Å². The van der Waals surface area contributed by atoms with Gasteiger partial charge in [-0.3, -0.25) is 9.59 Å². The van der Waals surface area contributed by atoms with Gasteiger partial charge in [0.05, 0.1) is 0 Å². The Hall–Kier alpha value is -2.57. The molecule has 0 fully saturated rings. The van der Waals surface area contributed by atoms with Gasteiger partial charge in [-0.05, 0) is 32.3 Å². The normalized spacial score (nSPS) is 12.2. The maximum atomic E-state index is 12.3. The van der Waals surface area contributed by atoms with Gasteiger partial charge in [0.1, 0.15) is 24.8 Å². The van der Waals surface area contributed by atoms with Gasteiger partial charge in [0.2, 0.25) is 5.91 Å². The number of alkyl carbamates (subject to hydrolysis) is 1. The van der Waals surface area contributed by atoms with Gasteiger partial charge < -0.3 is 20.1 Å². The molecule has 0 bridgehead atoms. The van der Waals surface area contributed by atoms with Gasteiger partial charge in [0, 0.05) is 0 Å². The molecule has 2 N–H and O–H groups in total. The molecule has 0 spiro atoms. The molecule has 0 aliphatic heterocycles. The van der Waals surface area contributed by atoms with Crippen molar-refractivity contribution >= 4 is 18.0 Å². The van der Waals surface area contributed by atoms with Crippen LogP contribution in [0.3, 0.4) is 0 Å². The minimum Gasteiger partial charge on any atom is -0.460 e. The van der Waals surface area contributed by atoms with E-state index >= 15 is 0 Å². The van der Waals surface area contributed by atoms with Gasteiger partial charge in [-0.25, -0.2) is 4.79 Å². The van der Waals surface area contributed by atoms with Crippen molar-refractivity contribution in [2.24, 2.45) is 5.92 Å². The Morgan fingerprint density at radius 3 is 2.23 bits per heavy atom. The quantitative estimate of drug-likeness (QED) is 0.725. The first kappa shape index (κ1) is 21.5. The van der Waals surface area contributed by atoms with Crippen molar-refractivity contribution in [1.82, 2.24) is 10.6 Å². The van der Waals surface area contributed by atoms with Gasteiger partial charge in [0.25, 0.3) is 0 Å². The van der Waals surface area contributed by atoms with Crippen LogP contribution in [0.4, 0.5) is 4.79 Å². The first-order valence-electron chi connectivity index (χ1n) is 8.55. The highest BCUT2D eigenvalue weighted by Gasteiger charge is 2.27. The highest BCUT2D eigenvalue weighted by Crippen LogP contribution is 2.09. The summed E-state index contributed by atoms with van der Waals surface area (Å²) in [6.07, 6.45) is -0.682. The van der Waals surface area contributed by atoms with Crippen molar-refractivity contribution in [3.05, 3.63) is 35.9 Å². The summed E-state index contributed by atoms with van der Waals surface area (Å²) in [6.45, 7) is 8.65. The lowest BCUT2D eigenvalue weighted by molar-refractivity contribution is -0.145. The third kappa shape index (κ3) is 8.50. The van der Waals surface area contributed by atoms with E-state index < -0.39 is 29.6 Å². The zero-order chi connectivity index (χ0) is 19.7. The lowest BCUT2D eigenvalue weighted by Gasteiger charge is -2.25. The molecule has 0 aliphatic carbocycles. The summed E-state index contributed by atoms with van der Waals surface area (Å²) in [4.78, 5) is 35.9. The molecule has 0 unspecified atom stereocenters. The van der Waals surface area contributed by atoms with E-state index in [1.54, 1.807) is 34.6 Å². The minimum atomic E-state index is -0.813. The second kappa shape index (κ2) is 9.79. The summed E-state index contributed by atoms with van der Waals surface area (Å²) < 4.78 is 10.3. The van der Waals surface area contributed by atoms with E-state index in [0.717, 1.165) is 5.56 Å². The molecule has 7 nitrogen and oxygen atoms in total. The van der Waals surface area contributed by atoms with E-state index in [1.165, 1.54) is 0 Å². The Morgan fingerprint density at radius 1 is 1.08 bits per heavy atom. The van der Waals surface area contributed by atoms with Gasteiger partial charge in [-0.1, -0.05) is 44.2 Å². The van der Waals surface area contributed by atoms with E-state index in [-0.39, 0.29) is 19.1 Å². The Bertz CT molecular complexity index is 608. The van der Waals surface area contributed by atoms with Crippen LogP contribution >= 0.6 is 0 Å². The van der Waals surface area contributed by atoms with Crippen molar-refractivity contribution in [2.75, 3.05) is 6.54 Å². The molecule has 0 saturated carbocycles. The SMILES string of the molecule is CC(C)[C@H](NC(=O)OC(C)(C)C)C(=O)NCC(=O)OCc1ccccc1. The first-order chi connectivity index (χ1) is 12.1. The molecular formula is C19H28N2O5. The van der Waals surface area contributed by atoms with Crippen LogP contribution in [-0.4, -0.2) is 36.2 Å². The second-order valence-electron chi connectivity index (χ2n) is 7.23. The van der Waals surface area contributed by atoms with Crippen molar-refractivity contribution in [3.8, 4) is 0 Å². The third-order valence-electron chi connectivity index (χ3n) is 3.27. The summed E-state index contributed by atoms with van der Waals surface area (Å²) in [6, 6.07) is 8.43. The molecule has 0 aliphatic rings. The molecule has 0 radical (unpaired) electrons. The average molecular weight is 364 g/mol. The molecule has 26 heavy (non-hydrogen) atoms. The molecule has 1 atom stereocenters. The maximum absolute atomic E-state index is 12.3. The van der Waals surface area contributed by atoms with Crippen LogP contribution in [0.2, 0.25) is 0 Å². The Balaban J connectivity index is 2.46. The largest absolute Gasteiger partial charge is 0.460 e.